The molecule has 1 heterocycles. The Balaban J connectivity index is 2.12. The third-order valence-electron chi connectivity index (χ3n) is 3.98. The summed E-state index contributed by atoms with van der Waals surface area (Å²) in [6.45, 7) is 5.32. The van der Waals surface area contributed by atoms with E-state index in [0.717, 1.165) is 28.9 Å². The number of hydrogen-bond donors (Lipinski definition) is 2. The second kappa shape index (κ2) is 6.18. The molecule has 0 saturated carbocycles. The highest BCUT2D eigenvalue weighted by molar-refractivity contribution is 9.10. The van der Waals surface area contributed by atoms with Crippen molar-refractivity contribution in [2.75, 3.05) is 6.54 Å². The van der Waals surface area contributed by atoms with E-state index in [2.05, 4.69) is 47.2 Å². The summed E-state index contributed by atoms with van der Waals surface area (Å²) in [6.07, 6.45) is 3.08. The van der Waals surface area contributed by atoms with Crippen LogP contribution in [0.1, 0.15) is 43.4 Å². The minimum Gasteiger partial charge on any atom is -0.387 e. The Labute approximate surface area is 118 Å². The number of benzene rings is 1. The number of hydrogen-bond acceptors (Lipinski definition) is 2. The zero-order valence-electron chi connectivity index (χ0n) is 11.1. The number of nitrogens with one attached hydrogen (secondary N) is 1. The van der Waals surface area contributed by atoms with Gasteiger partial charge in [-0.15, -0.1) is 0 Å². The van der Waals surface area contributed by atoms with E-state index in [-0.39, 0.29) is 6.04 Å². The first-order chi connectivity index (χ1) is 8.61. The highest BCUT2D eigenvalue weighted by atomic mass is 79.9. The molecule has 0 bridgehead atoms. The number of aliphatic hydroxyl groups excluding tert-OH is 1. The first kappa shape index (κ1) is 14.0. The second-order valence-electron chi connectivity index (χ2n) is 5.33. The molecule has 1 aromatic carbocycles. The van der Waals surface area contributed by atoms with E-state index < -0.39 is 6.10 Å². The zero-order chi connectivity index (χ0) is 13.1. The van der Waals surface area contributed by atoms with Gasteiger partial charge < -0.3 is 10.4 Å². The zero-order valence-corrected chi connectivity index (χ0v) is 12.7. The SMILES string of the molecule is CCC1CCNC(C(O)c2ccc(C)cc2Br)C1. The van der Waals surface area contributed by atoms with E-state index in [1.165, 1.54) is 18.4 Å². The van der Waals surface area contributed by atoms with Crippen molar-refractivity contribution in [1.82, 2.24) is 5.32 Å². The minimum atomic E-state index is -0.422. The predicted octanol–water partition coefficient (Wildman–Crippen LogP) is 3.57. The summed E-state index contributed by atoms with van der Waals surface area (Å²) in [5.74, 6) is 0.745. The van der Waals surface area contributed by atoms with Gasteiger partial charge in [0.2, 0.25) is 0 Å². The van der Waals surface area contributed by atoms with Gasteiger partial charge in [-0.25, -0.2) is 0 Å². The second-order valence-corrected chi connectivity index (χ2v) is 6.18. The van der Waals surface area contributed by atoms with Crippen molar-refractivity contribution in [3.63, 3.8) is 0 Å². The molecule has 3 atom stereocenters. The average Bonchev–Trinajstić information content (AvgIpc) is 2.38. The molecule has 1 aliphatic heterocycles. The molecule has 0 radical (unpaired) electrons. The van der Waals surface area contributed by atoms with Crippen molar-refractivity contribution in [2.24, 2.45) is 5.92 Å². The van der Waals surface area contributed by atoms with Crippen molar-refractivity contribution in [2.45, 2.75) is 45.3 Å². The number of aliphatic hydroxyl groups is 1. The maximum absolute atomic E-state index is 10.5. The number of rotatable bonds is 3. The molecule has 1 fully saturated rings. The van der Waals surface area contributed by atoms with Crippen LogP contribution in [0.3, 0.4) is 0 Å². The van der Waals surface area contributed by atoms with Crippen molar-refractivity contribution in [1.29, 1.82) is 0 Å². The fraction of sp³-hybridized carbons (Fsp3) is 0.600. The van der Waals surface area contributed by atoms with Gasteiger partial charge in [-0.05, 0) is 49.4 Å². The fourth-order valence-corrected chi connectivity index (χ4v) is 3.46. The monoisotopic (exact) mass is 311 g/mol. The van der Waals surface area contributed by atoms with Crippen molar-refractivity contribution >= 4 is 15.9 Å². The van der Waals surface area contributed by atoms with Crippen molar-refractivity contribution in [3.8, 4) is 0 Å². The molecule has 0 aliphatic carbocycles. The molecule has 2 N–H and O–H groups in total. The summed E-state index contributed by atoms with van der Waals surface area (Å²) in [5, 5.41) is 14.0. The van der Waals surface area contributed by atoms with Gasteiger partial charge in [-0.2, -0.15) is 0 Å². The Morgan fingerprint density at radius 1 is 1.50 bits per heavy atom. The van der Waals surface area contributed by atoms with Crippen LogP contribution in [0.4, 0.5) is 0 Å². The molecule has 0 aromatic heterocycles. The first-order valence-electron chi connectivity index (χ1n) is 6.79. The van der Waals surface area contributed by atoms with Gasteiger partial charge in [0.25, 0.3) is 0 Å². The number of aryl methyl sites for hydroxylation is 1. The van der Waals surface area contributed by atoms with Crippen LogP contribution < -0.4 is 5.32 Å². The van der Waals surface area contributed by atoms with E-state index in [4.69, 9.17) is 0 Å². The largest absolute Gasteiger partial charge is 0.387 e. The molecule has 0 spiro atoms. The normalized spacial score (nSPS) is 26.0. The van der Waals surface area contributed by atoms with Gasteiger partial charge in [-0.1, -0.05) is 41.4 Å². The molecule has 100 valence electrons. The molecule has 1 aromatic rings. The van der Waals surface area contributed by atoms with Gasteiger partial charge in [-0.3, -0.25) is 0 Å². The number of halogens is 1. The topological polar surface area (TPSA) is 32.3 Å². The summed E-state index contributed by atoms with van der Waals surface area (Å²) in [6, 6.07) is 6.34. The number of piperidine rings is 1. The minimum absolute atomic E-state index is 0.183. The summed E-state index contributed by atoms with van der Waals surface area (Å²) >= 11 is 3.56. The maximum Gasteiger partial charge on any atom is 0.0953 e. The summed E-state index contributed by atoms with van der Waals surface area (Å²) in [4.78, 5) is 0. The summed E-state index contributed by atoms with van der Waals surface area (Å²) < 4.78 is 1.01. The van der Waals surface area contributed by atoms with Gasteiger partial charge in [0.1, 0.15) is 0 Å². The maximum atomic E-state index is 10.5. The van der Waals surface area contributed by atoms with Crippen LogP contribution in [0.25, 0.3) is 0 Å². The Morgan fingerprint density at radius 2 is 2.28 bits per heavy atom. The van der Waals surface area contributed by atoms with Crippen LogP contribution in [0, 0.1) is 12.8 Å². The lowest BCUT2D eigenvalue weighted by atomic mass is 9.86. The van der Waals surface area contributed by atoms with E-state index in [9.17, 15) is 5.11 Å². The molecule has 1 aliphatic rings. The van der Waals surface area contributed by atoms with Gasteiger partial charge >= 0.3 is 0 Å². The highest BCUT2D eigenvalue weighted by Gasteiger charge is 2.28. The van der Waals surface area contributed by atoms with Gasteiger partial charge in [0, 0.05) is 10.5 Å². The standard InChI is InChI=1S/C15H22BrNO/c1-3-11-6-7-17-14(9-11)15(18)12-5-4-10(2)8-13(12)16/h4-5,8,11,14-15,17-18H,3,6-7,9H2,1-2H3. The molecule has 2 rings (SSSR count). The smallest absolute Gasteiger partial charge is 0.0953 e. The third-order valence-corrected chi connectivity index (χ3v) is 4.67. The van der Waals surface area contributed by atoms with Crippen LogP contribution in [0.15, 0.2) is 22.7 Å². The van der Waals surface area contributed by atoms with E-state index in [0.29, 0.717) is 0 Å². The lowest BCUT2D eigenvalue weighted by molar-refractivity contribution is 0.0973. The van der Waals surface area contributed by atoms with Crippen molar-refractivity contribution in [3.05, 3.63) is 33.8 Å². The first-order valence-corrected chi connectivity index (χ1v) is 7.58. The van der Waals surface area contributed by atoms with Gasteiger partial charge in [0.05, 0.1) is 6.10 Å². The lowest BCUT2D eigenvalue weighted by Gasteiger charge is -2.33. The summed E-state index contributed by atoms with van der Waals surface area (Å²) in [7, 11) is 0. The van der Waals surface area contributed by atoms with Crippen LogP contribution in [-0.4, -0.2) is 17.7 Å². The quantitative estimate of drug-likeness (QED) is 0.894. The molecule has 18 heavy (non-hydrogen) atoms. The van der Waals surface area contributed by atoms with Crippen LogP contribution >= 0.6 is 15.9 Å². The Kier molecular flexibility index (Phi) is 4.82. The molecule has 1 saturated heterocycles. The average molecular weight is 312 g/mol. The molecule has 3 unspecified atom stereocenters. The molecule has 2 nitrogen and oxygen atoms in total. The Bertz CT molecular complexity index is 407. The highest BCUT2D eigenvalue weighted by Crippen LogP contribution is 2.31. The molecular formula is C15H22BrNO. The van der Waals surface area contributed by atoms with E-state index >= 15 is 0 Å². The molecular weight excluding hydrogens is 290 g/mol. The summed E-state index contributed by atoms with van der Waals surface area (Å²) in [5.41, 5.74) is 2.20. The molecule has 0 amide bonds. The fourth-order valence-electron chi connectivity index (χ4n) is 2.73. The van der Waals surface area contributed by atoms with Crippen LogP contribution in [-0.2, 0) is 0 Å². The predicted molar refractivity (Wildman–Crippen MR) is 78.6 cm³/mol. The Morgan fingerprint density at radius 3 is 2.94 bits per heavy atom. The Hall–Kier alpha value is -0.380. The van der Waals surface area contributed by atoms with Crippen LogP contribution in [0.5, 0.6) is 0 Å². The molecule has 3 heteroatoms. The third kappa shape index (κ3) is 3.14. The van der Waals surface area contributed by atoms with Gasteiger partial charge in [0.15, 0.2) is 0 Å². The lowest BCUT2D eigenvalue weighted by Crippen LogP contribution is -2.42. The van der Waals surface area contributed by atoms with E-state index in [1.54, 1.807) is 0 Å². The van der Waals surface area contributed by atoms with Crippen molar-refractivity contribution < 1.29 is 5.11 Å². The van der Waals surface area contributed by atoms with Crippen LogP contribution in [0.2, 0.25) is 0 Å². The van der Waals surface area contributed by atoms with E-state index in [1.807, 2.05) is 6.07 Å².